The van der Waals surface area contributed by atoms with Gasteiger partial charge in [0.05, 0.1) is 0 Å². The van der Waals surface area contributed by atoms with Gasteiger partial charge in [-0.15, -0.1) is 0 Å². The van der Waals surface area contributed by atoms with Gasteiger partial charge >= 0.3 is 6.03 Å². The molecule has 1 aliphatic heterocycles. The molecule has 0 bridgehead atoms. The number of urea groups is 1. The van der Waals surface area contributed by atoms with Gasteiger partial charge in [-0.3, -0.25) is 20.2 Å². The van der Waals surface area contributed by atoms with Crippen LogP contribution in [0.25, 0.3) is 0 Å². The van der Waals surface area contributed by atoms with E-state index in [9.17, 15) is 14.4 Å². The molecule has 1 saturated heterocycles. The van der Waals surface area contributed by atoms with Gasteiger partial charge < -0.3 is 0 Å². The normalized spacial score (nSPS) is 23.4. The van der Waals surface area contributed by atoms with E-state index in [4.69, 9.17) is 0 Å². The first-order valence-corrected chi connectivity index (χ1v) is 6.32. The predicted octanol–water partition coefficient (Wildman–Crippen LogP) is 1.33. The Morgan fingerprint density at radius 2 is 1.47 bits per heavy atom. The number of carbonyl (C=O) groups is 3. The minimum atomic E-state index is -0.700. The van der Waals surface area contributed by atoms with Gasteiger partial charge in [0.1, 0.15) is 5.92 Å². The van der Waals surface area contributed by atoms with Crippen LogP contribution in [0.3, 0.4) is 0 Å². The smallest absolute Gasteiger partial charge is 0.277 e. The maximum Gasteiger partial charge on any atom is 0.328 e. The molecule has 0 radical (unpaired) electrons. The second kappa shape index (κ2) is 5.29. The minimum absolute atomic E-state index is 0.449. The van der Waals surface area contributed by atoms with E-state index in [1.54, 1.807) is 0 Å². The fourth-order valence-corrected chi connectivity index (χ4v) is 2.69. The molecule has 2 rings (SSSR count). The SMILES string of the molecule is O=C1NC(=O)C(CCC2CCCCC2)C(=O)N1. The van der Waals surface area contributed by atoms with Crippen molar-refractivity contribution >= 4 is 17.8 Å². The molecule has 0 aromatic rings. The van der Waals surface area contributed by atoms with Crippen molar-refractivity contribution < 1.29 is 14.4 Å². The summed E-state index contributed by atoms with van der Waals surface area (Å²) in [4.78, 5) is 33.9. The number of carbonyl (C=O) groups excluding carboxylic acids is 3. The van der Waals surface area contributed by atoms with E-state index in [0.717, 1.165) is 6.42 Å². The molecule has 4 amide bonds. The molecule has 5 nitrogen and oxygen atoms in total. The van der Waals surface area contributed by atoms with Crippen molar-refractivity contribution in [2.75, 3.05) is 0 Å². The third kappa shape index (κ3) is 3.05. The number of amides is 4. The fraction of sp³-hybridized carbons (Fsp3) is 0.750. The number of barbiturate groups is 1. The van der Waals surface area contributed by atoms with Gasteiger partial charge in [0.15, 0.2) is 0 Å². The Morgan fingerprint density at radius 3 is 2.06 bits per heavy atom. The Kier molecular flexibility index (Phi) is 3.76. The van der Waals surface area contributed by atoms with E-state index in [2.05, 4.69) is 10.6 Å². The molecule has 0 atom stereocenters. The van der Waals surface area contributed by atoms with Crippen LogP contribution in [0.1, 0.15) is 44.9 Å². The Morgan fingerprint density at radius 1 is 0.882 bits per heavy atom. The second-order valence-electron chi connectivity index (χ2n) is 4.94. The summed E-state index contributed by atoms with van der Waals surface area (Å²) in [6.07, 6.45) is 7.67. The molecule has 94 valence electrons. The van der Waals surface area contributed by atoms with Crippen LogP contribution in [0.2, 0.25) is 0 Å². The topological polar surface area (TPSA) is 75.3 Å². The molecule has 0 unspecified atom stereocenters. The lowest BCUT2D eigenvalue weighted by Gasteiger charge is -2.25. The number of hydrogen-bond donors (Lipinski definition) is 2. The van der Waals surface area contributed by atoms with Crippen molar-refractivity contribution in [2.24, 2.45) is 11.8 Å². The molecular weight excluding hydrogens is 220 g/mol. The standard InChI is InChI=1S/C12H18N2O3/c15-10-9(11(16)14-12(17)13-10)7-6-8-4-2-1-3-5-8/h8-9H,1-7H2,(H2,13,14,15,16,17). The molecule has 1 saturated carbocycles. The van der Waals surface area contributed by atoms with Gasteiger partial charge in [0.2, 0.25) is 11.8 Å². The molecule has 1 aliphatic carbocycles. The van der Waals surface area contributed by atoms with Gasteiger partial charge in [-0.2, -0.15) is 0 Å². The van der Waals surface area contributed by atoms with Gasteiger partial charge in [-0.1, -0.05) is 32.1 Å². The average Bonchev–Trinajstić information content (AvgIpc) is 2.29. The van der Waals surface area contributed by atoms with Crippen LogP contribution >= 0.6 is 0 Å². The molecule has 2 N–H and O–H groups in total. The van der Waals surface area contributed by atoms with Crippen molar-refractivity contribution in [3.8, 4) is 0 Å². The molecule has 0 aromatic heterocycles. The highest BCUT2D eigenvalue weighted by atomic mass is 16.2. The maximum atomic E-state index is 11.5. The van der Waals surface area contributed by atoms with E-state index in [1.165, 1.54) is 32.1 Å². The summed E-state index contributed by atoms with van der Waals surface area (Å²) in [6, 6.07) is -0.700. The minimum Gasteiger partial charge on any atom is -0.277 e. The third-order valence-corrected chi connectivity index (χ3v) is 3.69. The Hall–Kier alpha value is -1.39. The Balaban J connectivity index is 1.83. The van der Waals surface area contributed by atoms with Crippen molar-refractivity contribution in [2.45, 2.75) is 44.9 Å². The summed E-state index contributed by atoms with van der Waals surface area (Å²) in [5, 5.41) is 4.28. The molecular formula is C12H18N2O3. The van der Waals surface area contributed by atoms with E-state index in [0.29, 0.717) is 12.3 Å². The average molecular weight is 238 g/mol. The van der Waals surface area contributed by atoms with Crippen molar-refractivity contribution in [3.63, 3.8) is 0 Å². The van der Waals surface area contributed by atoms with Crippen LogP contribution in [0.5, 0.6) is 0 Å². The fourth-order valence-electron chi connectivity index (χ4n) is 2.69. The van der Waals surface area contributed by atoms with Crippen molar-refractivity contribution in [1.29, 1.82) is 0 Å². The first-order chi connectivity index (χ1) is 8.16. The number of hydrogen-bond acceptors (Lipinski definition) is 3. The number of imide groups is 2. The Labute approximate surface area is 100 Å². The Bertz CT molecular complexity index is 315. The van der Waals surface area contributed by atoms with E-state index in [-0.39, 0.29) is 0 Å². The number of nitrogens with one attached hydrogen (secondary N) is 2. The molecule has 0 spiro atoms. The summed E-state index contributed by atoms with van der Waals surface area (Å²) in [5.41, 5.74) is 0. The number of rotatable bonds is 3. The summed E-state index contributed by atoms with van der Waals surface area (Å²) in [7, 11) is 0. The lowest BCUT2D eigenvalue weighted by molar-refractivity contribution is -0.136. The highest BCUT2D eigenvalue weighted by Gasteiger charge is 2.34. The van der Waals surface area contributed by atoms with Crippen molar-refractivity contribution in [1.82, 2.24) is 10.6 Å². The molecule has 0 aromatic carbocycles. The van der Waals surface area contributed by atoms with Crippen LogP contribution in [0, 0.1) is 11.8 Å². The zero-order valence-electron chi connectivity index (χ0n) is 9.83. The lowest BCUT2D eigenvalue weighted by Crippen LogP contribution is -2.55. The quantitative estimate of drug-likeness (QED) is 0.728. The highest BCUT2D eigenvalue weighted by molar-refractivity contribution is 6.16. The first-order valence-electron chi connectivity index (χ1n) is 6.32. The van der Waals surface area contributed by atoms with Crippen molar-refractivity contribution in [3.05, 3.63) is 0 Å². The predicted molar refractivity (Wildman–Crippen MR) is 61.0 cm³/mol. The van der Waals surface area contributed by atoms with Gasteiger partial charge in [0, 0.05) is 0 Å². The largest absolute Gasteiger partial charge is 0.328 e. The van der Waals surface area contributed by atoms with Gasteiger partial charge in [0.25, 0.3) is 0 Å². The summed E-state index contributed by atoms with van der Waals surface area (Å²) < 4.78 is 0. The lowest BCUT2D eigenvalue weighted by atomic mass is 9.83. The molecule has 17 heavy (non-hydrogen) atoms. The molecule has 2 aliphatic rings. The zero-order chi connectivity index (χ0) is 12.3. The molecule has 2 fully saturated rings. The van der Waals surface area contributed by atoms with Crippen LogP contribution in [0.15, 0.2) is 0 Å². The molecule has 1 heterocycles. The van der Waals surface area contributed by atoms with E-state index in [1.807, 2.05) is 0 Å². The monoisotopic (exact) mass is 238 g/mol. The van der Waals surface area contributed by atoms with Gasteiger partial charge in [-0.05, 0) is 18.8 Å². The third-order valence-electron chi connectivity index (χ3n) is 3.69. The van der Waals surface area contributed by atoms with E-state index >= 15 is 0 Å². The first kappa shape index (κ1) is 12.1. The van der Waals surface area contributed by atoms with Crippen LogP contribution in [-0.4, -0.2) is 17.8 Å². The summed E-state index contributed by atoms with van der Waals surface area (Å²) in [6.45, 7) is 0. The zero-order valence-corrected chi connectivity index (χ0v) is 9.83. The van der Waals surface area contributed by atoms with Crippen LogP contribution in [-0.2, 0) is 9.59 Å². The second-order valence-corrected chi connectivity index (χ2v) is 4.94. The van der Waals surface area contributed by atoms with Gasteiger partial charge in [-0.25, -0.2) is 4.79 Å². The maximum absolute atomic E-state index is 11.5. The van der Waals surface area contributed by atoms with Crippen LogP contribution in [0.4, 0.5) is 4.79 Å². The summed E-state index contributed by atoms with van der Waals surface area (Å²) in [5.74, 6) is -0.944. The van der Waals surface area contributed by atoms with Crippen LogP contribution < -0.4 is 10.6 Å². The van der Waals surface area contributed by atoms with E-state index < -0.39 is 23.8 Å². The highest BCUT2D eigenvalue weighted by Crippen LogP contribution is 2.28. The molecule has 5 heteroatoms. The summed E-state index contributed by atoms with van der Waals surface area (Å²) >= 11 is 0.